The molecule has 0 aliphatic carbocycles. The molecule has 0 bridgehead atoms. The lowest BCUT2D eigenvalue weighted by Gasteiger charge is -2.26. The van der Waals surface area contributed by atoms with Crippen LogP contribution in [0.4, 0.5) is 0 Å². The predicted molar refractivity (Wildman–Crippen MR) is 76.2 cm³/mol. The Morgan fingerprint density at radius 2 is 2.17 bits per heavy atom. The Bertz CT molecular complexity index is 318. The smallest absolute Gasteiger partial charge is 0.232 e. The SMILES string of the molecule is CCCC(C(=O)N1CCCC(C)(O)CC1)C(N)=S. The van der Waals surface area contributed by atoms with E-state index in [0.717, 1.165) is 19.3 Å². The molecule has 1 heterocycles. The van der Waals surface area contributed by atoms with Crippen molar-refractivity contribution in [3.8, 4) is 0 Å². The fraction of sp³-hybridized carbons (Fsp3) is 0.846. The van der Waals surface area contributed by atoms with Crippen molar-refractivity contribution in [1.29, 1.82) is 0 Å². The Hall–Kier alpha value is -0.680. The summed E-state index contributed by atoms with van der Waals surface area (Å²) in [4.78, 5) is 14.5. The second-order valence-electron chi connectivity index (χ2n) is 5.42. The number of carbonyl (C=O) groups excluding carboxylic acids is 1. The molecule has 0 saturated carbocycles. The summed E-state index contributed by atoms with van der Waals surface area (Å²) in [6.07, 6.45) is 3.78. The summed E-state index contributed by atoms with van der Waals surface area (Å²) in [5.41, 5.74) is 5.00. The van der Waals surface area contributed by atoms with E-state index in [2.05, 4.69) is 0 Å². The van der Waals surface area contributed by atoms with Crippen LogP contribution in [0.25, 0.3) is 0 Å². The molecule has 0 aromatic heterocycles. The molecule has 2 unspecified atom stereocenters. The number of aliphatic hydroxyl groups is 1. The summed E-state index contributed by atoms with van der Waals surface area (Å²) < 4.78 is 0. The first-order valence-electron chi connectivity index (χ1n) is 6.68. The zero-order valence-corrected chi connectivity index (χ0v) is 12.1. The van der Waals surface area contributed by atoms with E-state index < -0.39 is 5.60 Å². The van der Waals surface area contributed by atoms with Gasteiger partial charge in [0.05, 0.1) is 16.5 Å². The molecular formula is C13H24N2O2S. The quantitative estimate of drug-likeness (QED) is 0.760. The fourth-order valence-electron chi connectivity index (χ4n) is 2.38. The molecule has 5 heteroatoms. The highest BCUT2D eigenvalue weighted by atomic mass is 32.1. The summed E-state index contributed by atoms with van der Waals surface area (Å²) >= 11 is 4.99. The number of nitrogens with two attached hydrogens (primary N) is 1. The maximum Gasteiger partial charge on any atom is 0.232 e. The summed E-state index contributed by atoms with van der Waals surface area (Å²) in [7, 11) is 0. The van der Waals surface area contributed by atoms with Crippen LogP contribution in [0, 0.1) is 5.92 Å². The number of hydrogen-bond donors (Lipinski definition) is 2. The summed E-state index contributed by atoms with van der Waals surface area (Å²) in [5.74, 6) is -0.310. The van der Waals surface area contributed by atoms with Crippen molar-refractivity contribution >= 4 is 23.1 Å². The first-order chi connectivity index (χ1) is 8.37. The van der Waals surface area contributed by atoms with Gasteiger partial charge in [0.25, 0.3) is 0 Å². The first-order valence-corrected chi connectivity index (χ1v) is 7.08. The molecule has 1 rings (SSSR count). The van der Waals surface area contributed by atoms with Gasteiger partial charge in [-0.25, -0.2) is 0 Å². The summed E-state index contributed by atoms with van der Waals surface area (Å²) in [6.45, 7) is 5.14. The van der Waals surface area contributed by atoms with E-state index >= 15 is 0 Å². The highest BCUT2D eigenvalue weighted by Gasteiger charge is 2.30. The van der Waals surface area contributed by atoms with Crippen molar-refractivity contribution in [2.75, 3.05) is 13.1 Å². The van der Waals surface area contributed by atoms with E-state index in [-0.39, 0.29) is 16.8 Å². The molecule has 1 saturated heterocycles. The number of hydrogen-bond acceptors (Lipinski definition) is 3. The van der Waals surface area contributed by atoms with Crippen molar-refractivity contribution < 1.29 is 9.90 Å². The zero-order valence-electron chi connectivity index (χ0n) is 11.3. The lowest BCUT2D eigenvalue weighted by molar-refractivity contribution is -0.133. The van der Waals surface area contributed by atoms with Crippen LogP contribution in [0.2, 0.25) is 0 Å². The molecule has 0 aromatic rings. The molecule has 2 atom stereocenters. The number of likely N-dealkylation sites (tertiary alicyclic amines) is 1. The molecule has 0 aromatic carbocycles. The molecule has 1 amide bonds. The summed E-state index contributed by atoms with van der Waals surface area (Å²) in [6, 6.07) is 0. The largest absolute Gasteiger partial charge is 0.393 e. The van der Waals surface area contributed by atoms with Gasteiger partial charge in [-0.05, 0) is 32.6 Å². The van der Waals surface area contributed by atoms with Crippen LogP contribution >= 0.6 is 12.2 Å². The maximum atomic E-state index is 12.4. The second kappa shape index (κ2) is 6.48. The molecule has 4 nitrogen and oxygen atoms in total. The van der Waals surface area contributed by atoms with Crippen molar-refractivity contribution in [2.45, 2.75) is 51.6 Å². The van der Waals surface area contributed by atoms with E-state index in [9.17, 15) is 9.90 Å². The molecule has 1 fully saturated rings. The highest BCUT2D eigenvalue weighted by Crippen LogP contribution is 2.23. The number of nitrogens with zero attached hydrogens (tertiary/aromatic N) is 1. The van der Waals surface area contributed by atoms with Gasteiger partial charge in [0.1, 0.15) is 0 Å². The number of thiocarbonyl (C=S) groups is 1. The van der Waals surface area contributed by atoms with Crippen molar-refractivity contribution in [2.24, 2.45) is 11.7 Å². The van der Waals surface area contributed by atoms with Gasteiger partial charge < -0.3 is 15.7 Å². The molecule has 104 valence electrons. The topological polar surface area (TPSA) is 66.6 Å². The van der Waals surface area contributed by atoms with E-state index in [4.69, 9.17) is 18.0 Å². The number of carbonyl (C=O) groups is 1. The third kappa shape index (κ3) is 4.21. The van der Waals surface area contributed by atoms with Gasteiger partial charge in [0, 0.05) is 13.1 Å². The molecule has 1 aliphatic heterocycles. The fourth-order valence-corrected chi connectivity index (χ4v) is 2.60. The molecule has 18 heavy (non-hydrogen) atoms. The Kier molecular flexibility index (Phi) is 5.53. The summed E-state index contributed by atoms with van der Waals surface area (Å²) in [5, 5.41) is 10.0. The Balaban J connectivity index is 2.67. The average molecular weight is 272 g/mol. The van der Waals surface area contributed by atoms with Gasteiger partial charge in [-0.15, -0.1) is 0 Å². The Morgan fingerprint density at radius 1 is 1.50 bits per heavy atom. The minimum Gasteiger partial charge on any atom is -0.393 e. The van der Waals surface area contributed by atoms with Gasteiger partial charge >= 0.3 is 0 Å². The van der Waals surface area contributed by atoms with Gasteiger partial charge in [-0.2, -0.15) is 0 Å². The average Bonchev–Trinajstić information content (AvgIpc) is 2.46. The number of rotatable bonds is 4. The van der Waals surface area contributed by atoms with Crippen LogP contribution < -0.4 is 5.73 Å². The van der Waals surface area contributed by atoms with Crippen molar-refractivity contribution in [3.05, 3.63) is 0 Å². The van der Waals surface area contributed by atoms with Crippen molar-refractivity contribution in [3.63, 3.8) is 0 Å². The second-order valence-corrected chi connectivity index (χ2v) is 5.89. The van der Waals surface area contributed by atoms with Gasteiger partial charge in [-0.1, -0.05) is 25.6 Å². The van der Waals surface area contributed by atoms with Crippen LogP contribution in [0.3, 0.4) is 0 Å². The lowest BCUT2D eigenvalue weighted by Crippen LogP contribution is -2.42. The Morgan fingerprint density at radius 3 is 2.72 bits per heavy atom. The maximum absolute atomic E-state index is 12.4. The van der Waals surface area contributed by atoms with Crippen LogP contribution in [0.1, 0.15) is 46.0 Å². The molecule has 0 spiro atoms. The number of amides is 1. The minimum absolute atomic E-state index is 0.0297. The van der Waals surface area contributed by atoms with E-state index in [0.29, 0.717) is 25.9 Å². The molecule has 1 aliphatic rings. The standard InChI is InChI=1S/C13H24N2O2S/c1-3-5-10(11(14)18)12(16)15-8-4-6-13(2,17)7-9-15/h10,17H,3-9H2,1-2H3,(H2,14,18). The minimum atomic E-state index is -0.654. The van der Waals surface area contributed by atoms with Gasteiger partial charge in [0.2, 0.25) is 5.91 Å². The Labute approximate surface area is 115 Å². The van der Waals surface area contributed by atoms with Crippen LogP contribution in [-0.2, 0) is 4.79 Å². The van der Waals surface area contributed by atoms with Crippen molar-refractivity contribution in [1.82, 2.24) is 4.90 Å². The van der Waals surface area contributed by atoms with E-state index in [1.165, 1.54) is 0 Å². The zero-order chi connectivity index (χ0) is 13.8. The normalized spacial score (nSPS) is 26.5. The third-order valence-corrected chi connectivity index (χ3v) is 3.88. The van der Waals surface area contributed by atoms with Gasteiger partial charge in [-0.3, -0.25) is 4.79 Å². The predicted octanol–water partition coefficient (Wildman–Crippen LogP) is 1.45. The highest BCUT2D eigenvalue weighted by molar-refractivity contribution is 7.80. The molecular weight excluding hydrogens is 248 g/mol. The lowest BCUT2D eigenvalue weighted by atomic mass is 9.98. The van der Waals surface area contributed by atoms with E-state index in [1.54, 1.807) is 4.90 Å². The van der Waals surface area contributed by atoms with Crippen LogP contribution in [0.15, 0.2) is 0 Å². The molecule has 3 N–H and O–H groups in total. The monoisotopic (exact) mass is 272 g/mol. The third-order valence-electron chi connectivity index (χ3n) is 3.59. The van der Waals surface area contributed by atoms with Gasteiger partial charge in [0.15, 0.2) is 0 Å². The first kappa shape index (κ1) is 15.4. The van der Waals surface area contributed by atoms with E-state index in [1.807, 2.05) is 13.8 Å². The molecule has 0 radical (unpaired) electrons. The van der Waals surface area contributed by atoms with Crippen LogP contribution in [0.5, 0.6) is 0 Å². The van der Waals surface area contributed by atoms with Crippen LogP contribution in [-0.4, -0.2) is 39.6 Å².